The van der Waals surface area contributed by atoms with Crippen LogP contribution in [0.1, 0.15) is 22.3 Å². The van der Waals surface area contributed by atoms with E-state index < -0.39 is 0 Å². The molecule has 1 heterocycles. The van der Waals surface area contributed by atoms with E-state index in [1.807, 2.05) is 12.1 Å². The Labute approximate surface area is 106 Å². The molecule has 0 atom stereocenters. The largest absolute Gasteiger partial charge is 0.331 e. The van der Waals surface area contributed by atoms with Crippen LogP contribution in [0.3, 0.4) is 0 Å². The minimum atomic E-state index is 0.710. The van der Waals surface area contributed by atoms with Crippen molar-refractivity contribution in [3.63, 3.8) is 0 Å². The zero-order chi connectivity index (χ0) is 12.5. The van der Waals surface area contributed by atoms with E-state index in [2.05, 4.69) is 35.1 Å². The van der Waals surface area contributed by atoms with Gasteiger partial charge < -0.3 is 5.32 Å². The third-order valence-corrected chi connectivity index (χ3v) is 3.27. The maximum absolute atomic E-state index is 7.16. The van der Waals surface area contributed by atoms with Crippen molar-refractivity contribution in [1.82, 2.24) is 4.98 Å². The van der Waals surface area contributed by atoms with Gasteiger partial charge >= 0.3 is 0 Å². The molecule has 0 radical (unpaired) electrons. The molecule has 3 heteroatoms. The third kappa shape index (κ3) is 1.52. The number of aromatic nitrogens is 1. The van der Waals surface area contributed by atoms with Crippen LogP contribution in [0.5, 0.6) is 0 Å². The molecule has 88 valence electrons. The van der Waals surface area contributed by atoms with Crippen LogP contribution in [-0.2, 0) is 6.42 Å². The van der Waals surface area contributed by atoms with Crippen molar-refractivity contribution >= 4 is 17.7 Å². The lowest BCUT2D eigenvalue weighted by molar-refractivity contribution is 1.11. The molecule has 1 aliphatic carbocycles. The molecule has 0 saturated heterocycles. The van der Waals surface area contributed by atoms with Crippen LogP contribution in [0, 0.1) is 5.41 Å². The molecule has 1 aromatic heterocycles. The molecule has 2 N–H and O–H groups in total. The van der Waals surface area contributed by atoms with E-state index in [9.17, 15) is 0 Å². The molecule has 18 heavy (non-hydrogen) atoms. The van der Waals surface area contributed by atoms with Crippen molar-refractivity contribution in [2.45, 2.75) is 6.42 Å². The summed E-state index contributed by atoms with van der Waals surface area (Å²) in [6.45, 7) is 4.18. The lowest BCUT2D eigenvalue weighted by Gasteiger charge is -2.23. The molecular formula is C15H13N3. The predicted octanol–water partition coefficient (Wildman–Crippen LogP) is 3.07. The molecule has 0 bridgehead atoms. The maximum Gasteiger partial charge on any atom is 0.139 e. The fourth-order valence-electron chi connectivity index (χ4n) is 2.47. The van der Waals surface area contributed by atoms with Crippen LogP contribution in [0.15, 0.2) is 43.1 Å². The zero-order valence-corrected chi connectivity index (χ0v) is 9.90. The summed E-state index contributed by atoms with van der Waals surface area (Å²) in [5.41, 5.74) is 5.68. The van der Waals surface area contributed by atoms with Crippen LogP contribution in [-0.4, -0.2) is 11.3 Å². The van der Waals surface area contributed by atoms with Crippen LogP contribution < -0.4 is 5.32 Å². The van der Waals surface area contributed by atoms with Crippen LogP contribution in [0.2, 0.25) is 0 Å². The Morgan fingerprint density at radius 3 is 2.89 bits per heavy atom. The van der Waals surface area contributed by atoms with Gasteiger partial charge in [0.05, 0.1) is 6.34 Å². The Morgan fingerprint density at radius 2 is 2.06 bits per heavy atom. The van der Waals surface area contributed by atoms with Gasteiger partial charge in [-0.3, -0.25) is 5.41 Å². The van der Waals surface area contributed by atoms with Crippen LogP contribution in [0.25, 0.3) is 5.57 Å². The minimum Gasteiger partial charge on any atom is -0.331 e. The smallest absolute Gasteiger partial charge is 0.139 e. The number of nitrogens with one attached hydrogen (secondary N) is 2. The zero-order valence-electron chi connectivity index (χ0n) is 9.90. The number of pyridine rings is 1. The first-order valence-electron chi connectivity index (χ1n) is 5.82. The van der Waals surface area contributed by atoms with Crippen LogP contribution in [0.4, 0.5) is 5.82 Å². The third-order valence-electron chi connectivity index (χ3n) is 3.27. The molecule has 0 amide bonds. The monoisotopic (exact) mass is 235 g/mol. The first-order chi connectivity index (χ1) is 8.81. The van der Waals surface area contributed by atoms with Gasteiger partial charge in [-0.2, -0.15) is 0 Å². The summed E-state index contributed by atoms with van der Waals surface area (Å²) in [6, 6.07) is 10.3. The van der Waals surface area contributed by atoms with Gasteiger partial charge in [0, 0.05) is 11.8 Å². The molecule has 0 saturated carbocycles. The van der Waals surface area contributed by atoms with Crippen molar-refractivity contribution in [3.05, 3.63) is 65.4 Å². The highest BCUT2D eigenvalue weighted by atomic mass is 15.0. The summed E-state index contributed by atoms with van der Waals surface area (Å²) in [6.07, 6.45) is 3.81. The SMILES string of the molecule is C=C1c2ccccc2Cc2ccnc(NC=N)c21. The minimum absolute atomic E-state index is 0.710. The normalized spacial score (nSPS) is 12.6. The molecular weight excluding hydrogens is 222 g/mol. The Kier molecular flexibility index (Phi) is 2.45. The highest BCUT2D eigenvalue weighted by molar-refractivity contribution is 5.91. The highest BCUT2D eigenvalue weighted by Gasteiger charge is 2.21. The van der Waals surface area contributed by atoms with Crippen molar-refractivity contribution in [3.8, 4) is 0 Å². The summed E-state index contributed by atoms with van der Waals surface area (Å²) >= 11 is 0. The molecule has 3 nitrogen and oxygen atoms in total. The van der Waals surface area contributed by atoms with Gasteiger partial charge in [-0.05, 0) is 34.8 Å². The Balaban J connectivity index is 2.20. The van der Waals surface area contributed by atoms with E-state index in [0.717, 1.165) is 23.9 Å². The first kappa shape index (κ1) is 10.7. The number of fused-ring (bicyclic) bond motifs is 2. The summed E-state index contributed by atoms with van der Waals surface area (Å²) < 4.78 is 0. The molecule has 1 aromatic carbocycles. The number of anilines is 1. The van der Waals surface area contributed by atoms with E-state index in [4.69, 9.17) is 5.41 Å². The molecule has 1 aliphatic rings. The Hall–Kier alpha value is -2.42. The Bertz CT molecular complexity index is 644. The van der Waals surface area contributed by atoms with Gasteiger partial charge in [0.1, 0.15) is 5.82 Å². The van der Waals surface area contributed by atoms with Gasteiger partial charge in [-0.15, -0.1) is 0 Å². The number of hydrogen-bond acceptors (Lipinski definition) is 2. The van der Waals surface area contributed by atoms with E-state index >= 15 is 0 Å². The fraction of sp³-hybridized carbons (Fsp3) is 0.0667. The lowest BCUT2D eigenvalue weighted by Crippen LogP contribution is -2.10. The predicted molar refractivity (Wildman–Crippen MR) is 74.0 cm³/mol. The number of benzene rings is 1. The molecule has 0 aliphatic heterocycles. The van der Waals surface area contributed by atoms with Gasteiger partial charge in [-0.25, -0.2) is 4.98 Å². The van der Waals surface area contributed by atoms with Crippen LogP contribution >= 0.6 is 0 Å². The van der Waals surface area contributed by atoms with Crippen molar-refractivity contribution in [2.24, 2.45) is 0 Å². The van der Waals surface area contributed by atoms with E-state index in [1.54, 1.807) is 6.20 Å². The second-order valence-corrected chi connectivity index (χ2v) is 4.29. The summed E-state index contributed by atoms with van der Waals surface area (Å²) in [7, 11) is 0. The highest BCUT2D eigenvalue weighted by Crippen LogP contribution is 2.37. The molecule has 0 unspecified atom stereocenters. The van der Waals surface area contributed by atoms with Crippen molar-refractivity contribution in [1.29, 1.82) is 5.41 Å². The Morgan fingerprint density at radius 1 is 1.22 bits per heavy atom. The molecule has 3 rings (SSSR count). The van der Waals surface area contributed by atoms with Gasteiger partial charge in [0.25, 0.3) is 0 Å². The van der Waals surface area contributed by atoms with Gasteiger partial charge in [0.15, 0.2) is 0 Å². The summed E-state index contributed by atoms with van der Waals surface area (Å²) in [5, 5.41) is 10.0. The average Bonchev–Trinajstić information content (AvgIpc) is 2.39. The first-order valence-corrected chi connectivity index (χ1v) is 5.82. The summed E-state index contributed by atoms with van der Waals surface area (Å²) in [5.74, 6) is 0.710. The quantitative estimate of drug-likeness (QED) is 0.529. The average molecular weight is 235 g/mol. The van der Waals surface area contributed by atoms with Gasteiger partial charge in [0.2, 0.25) is 0 Å². The number of hydrogen-bond donors (Lipinski definition) is 2. The molecule has 0 fully saturated rings. The molecule has 0 spiro atoms. The lowest BCUT2D eigenvalue weighted by atomic mass is 9.83. The second-order valence-electron chi connectivity index (χ2n) is 4.29. The maximum atomic E-state index is 7.16. The van der Waals surface area contributed by atoms with Gasteiger partial charge in [-0.1, -0.05) is 30.8 Å². The number of rotatable bonds is 2. The second kappa shape index (κ2) is 4.11. The molecule has 2 aromatic rings. The van der Waals surface area contributed by atoms with E-state index in [1.165, 1.54) is 16.7 Å². The van der Waals surface area contributed by atoms with E-state index in [0.29, 0.717) is 5.82 Å². The van der Waals surface area contributed by atoms with Crippen molar-refractivity contribution in [2.75, 3.05) is 5.32 Å². The van der Waals surface area contributed by atoms with E-state index in [-0.39, 0.29) is 0 Å². The topological polar surface area (TPSA) is 48.8 Å². The van der Waals surface area contributed by atoms with Crippen molar-refractivity contribution < 1.29 is 0 Å². The standard InChI is InChI=1S/C15H13N3/c1-10-13-5-3-2-4-11(13)8-12-6-7-17-15(14(10)12)18-9-16/h2-7,9H,1,8H2,(H2,16,17,18). The number of nitrogens with zero attached hydrogens (tertiary/aromatic N) is 1. The summed E-state index contributed by atoms with van der Waals surface area (Å²) in [4.78, 5) is 4.28. The fourth-order valence-corrected chi connectivity index (χ4v) is 2.47.